The Morgan fingerprint density at radius 3 is 2.71 bits per heavy atom. The Hall–Kier alpha value is -2.47. The number of aryl methyl sites for hydroxylation is 1. The summed E-state index contributed by atoms with van der Waals surface area (Å²) in [6.45, 7) is 1.93. The number of halogens is 1. The smallest absolute Gasteiger partial charge is 0.337 e. The highest BCUT2D eigenvalue weighted by atomic mass is 32.1. The van der Waals surface area contributed by atoms with Crippen LogP contribution >= 0.6 is 11.3 Å². The molecule has 1 aromatic carbocycles. The van der Waals surface area contributed by atoms with Crippen molar-refractivity contribution in [3.05, 3.63) is 57.5 Å². The second-order valence-corrected chi connectivity index (χ2v) is 5.23. The molecule has 0 fully saturated rings. The zero-order chi connectivity index (χ0) is 15.4. The maximum Gasteiger partial charge on any atom is 0.337 e. The molecule has 0 spiro atoms. The van der Waals surface area contributed by atoms with Crippen molar-refractivity contribution < 1.29 is 19.1 Å². The number of carboxylic acids is 1. The molecular weight excluding hydrogens is 293 g/mol. The number of rotatable bonds is 4. The summed E-state index contributed by atoms with van der Waals surface area (Å²) >= 11 is 1.50. The fraction of sp³-hybridized carbons (Fsp3) is 0.0667. The first-order valence-electron chi connectivity index (χ1n) is 6.03. The number of amides is 1. The lowest BCUT2D eigenvalue weighted by Crippen LogP contribution is -2.12. The quantitative estimate of drug-likeness (QED) is 0.849. The lowest BCUT2D eigenvalue weighted by molar-refractivity contribution is -0.111. The number of nitrogens with one attached hydrogen (secondary N) is 1. The number of hydrogen-bond acceptors (Lipinski definition) is 3. The molecule has 0 radical (unpaired) electrons. The van der Waals surface area contributed by atoms with Gasteiger partial charge in [-0.1, -0.05) is 0 Å². The van der Waals surface area contributed by atoms with Crippen LogP contribution in [0.3, 0.4) is 0 Å². The number of thiophene rings is 1. The summed E-state index contributed by atoms with van der Waals surface area (Å²) in [5.74, 6) is -2.45. The van der Waals surface area contributed by atoms with Gasteiger partial charge in [0.15, 0.2) is 0 Å². The van der Waals surface area contributed by atoms with E-state index in [9.17, 15) is 14.0 Å². The highest BCUT2D eigenvalue weighted by Crippen LogP contribution is 2.19. The van der Waals surface area contributed by atoms with Crippen LogP contribution in [-0.4, -0.2) is 17.0 Å². The largest absolute Gasteiger partial charge is 0.478 e. The Morgan fingerprint density at radius 1 is 1.33 bits per heavy atom. The van der Waals surface area contributed by atoms with Crippen LogP contribution in [0, 0.1) is 12.7 Å². The van der Waals surface area contributed by atoms with Gasteiger partial charge in [-0.3, -0.25) is 4.79 Å². The van der Waals surface area contributed by atoms with Gasteiger partial charge in [0.25, 0.3) is 0 Å². The highest BCUT2D eigenvalue weighted by molar-refractivity contribution is 7.11. The number of carbonyl (C=O) groups excluding carboxylic acids is 1. The lowest BCUT2D eigenvalue weighted by atomic mass is 10.1. The highest BCUT2D eigenvalue weighted by Gasteiger charge is 2.12. The predicted octanol–water partition coefficient (Wildman–Crippen LogP) is 3.55. The molecular formula is C15H12FNO3S. The molecule has 6 heteroatoms. The van der Waals surface area contributed by atoms with E-state index in [0.717, 1.165) is 22.6 Å². The molecule has 108 valence electrons. The Morgan fingerprint density at radius 2 is 2.10 bits per heavy atom. The molecule has 0 atom stereocenters. The average molecular weight is 305 g/mol. The number of aromatic carboxylic acids is 1. The van der Waals surface area contributed by atoms with Crippen molar-refractivity contribution in [2.75, 3.05) is 5.32 Å². The number of carboxylic acid groups (broad SMARTS) is 1. The van der Waals surface area contributed by atoms with Crippen molar-refractivity contribution in [1.82, 2.24) is 0 Å². The second-order valence-electron chi connectivity index (χ2n) is 4.29. The van der Waals surface area contributed by atoms with Crippen molar-refractivity contribution in [2.24, 2.45) is 0 Å². The molecule has 4 nitrogen and oxygen atoms in total. The van der Waals surface area contributed by atoms with E-state index >= 15 is 0 Å². The van der Waals surface area contributed by atoms with Crippen LogP contribution in [0.5, 0.6) is 0 Å². The Labute approximate surface area is 124 Å². The van der Waals surface area contributed by atoms with E-state index in [1.165, 1.54) is 23.5 Å². The fourth-order valence-electron chi connectivity index (χ4n) is 1.68. The van der Waals surface area contributed by atoms with E-state index in [4.69, 9.17) is 5.11 Å². The van der Waals surface area contributed by atoms with E-state index < -0.39 is 17.7 Å². The minimum absolute atomic E-state index is 0.0569. The van der Waals surface area contributed by atoms with Crippen molar-refractivity contribution in [3.8, 4) is 0 Å². The van der Waals surface area contributed by atoms with Crippen LogP contribution in [0.25, 0.3) is 6.08 Å². The molecule has 0 saturated carbocycles. The fourth-order valence-corrected chi connectivity index (χ4v) is 2.50. The summed E-state index contributed by atoms with van der Waals surface area (Å²) in [4.78, 5) is 23.8. The molecule has 2 rings (SSSR count). The van der Waals surface area contributed by atoms with Gasteiger partial charge in [0.1, 0.15) is 5.82 Å². The zero-order valence-corrected chi connectivity index (χ0v) is 11.9. The Balaban J connectivity index is 2.15. The predicted molar refractivity (Wildman–Crippen MR) is 80.1 cm³/mol. The standard InChI is InChI=1S/C15H12FNO3S/c1-9-6-7-21-13(9)4-5-14(18)17-12-3-2-10(16)8-11(12)15(19)20/h2-8H,1H3,(H,17,18)(H,19,20)/b5-4+. The van der Waals surface area contributed by atoms with Gasteiger partial charge in [-0.05, 0) is 48.2 Å². The monoisotopic (exact) mass is 305 g/mol. The first-order chi connectivity index (χ1) is 9.97. The molecule has 0 saturated heterocycles. The van der Waals surface area contributed by atoms with Gasteiger partial charge in [0.05, 0.1) is 11.3 Å². The Bertz CT molecular complexity index is 721. The molecule has 1 heterocycles. The minimum atomic E-state index is -1.30. The van der Waals surface area contributed by atoms with Crippen LogP contribution in [0.4, 0.5) is 10.1 Å². The van der Waals surface area contributed by atoms with E-state index in [1.54, 1.807) is 6.08 Å². The van der Waals surface area contributed by atoms with E-state index in [1.807, 2.05) is 18.4 Å². The van der Waals surface area contributed by atoms with Crippen LogP contribution in [-0.2, 0) is 4.79 Å². The molecule has 2 aromatic rings. The van der Waals surface area contributed by atoms with Crippen molar-refractivity contribution in [3.63, 3.8) is 0 Å². The molecule has 21 heavy (non-hydrogen) atoms. The first-order valence-corrected chi connectivity index (χ1v) is 6.91. The number of hydrogen-bond donors (Lipinski definition) is 2. The average Bonchev–Trinajstić information content (AvgIpc) is 2.84. The summed E-state index contributed by atoms with van der Waals surface area (Å²) in [6.07, 6.45) is 2.97. The normalized spacial score (nSPS) is 10.8. The molecule has 1 aromatic heterocycles. The third kappa shape index (κ3) is 3.76. The van der Waals surface area contributed by atoms with Gasteiger partial charge >= 0.3 is 5.97 Å². The van der Waals surface area contributed by atoms with E-state index in [0.29, 0.717) is 0 Å². The van der Waals surface area contributed by atoms with Gasteiger partial charge < -0.3 is 10.4 Å². The number of benzene rings is 1. The SMILES string of the molecule is Cc1ccsc1/C=C/C(=O)Nc1ccc(F)cc1C(=O)O. The van der Waals surface area contributed by atoms with Gasteiger partial charge in [0, 0.05) is 11.0 Å². The summed E-state index contributed by atoms with van der Waals surface area (Å²) in [5.41, 5.74) is 0.822. The third-order valence-electron chi connectivity index (χ3n) is 2.76. The lowest BCUT2D eigenvalue weighted by Gasteiger charge is -2.06. The first kappa shape index (κ1) is 14.9. The Kier molecular flexibility index (Phi) is 4.49. The van der Waals surface area contributed by atoms with Gasteiger partial charge in [-0.25, -0.2) is 9.18 Å². The maximum absolute atomic E-state index is 13.0. The van der Waals surface area contributed by atoms with Gasteiger partial charge in [0.2, 0.25) is 5.91 Å². The van der Waals surface area contributed by atoms with E-state index in [-0.39, 0.29) is 11.3 Å². The summed E-state index contributed by atoms with van der Waals surface area (Å²) in [7, 11) is 0. The molecule has 0 unspecified atom stereocenters. The molecule has 0 aliphatic heterocycles. The van der Waals surface area contributed by atoms with Gasteiger partial charge in [-0.15, -0.1) is 11.3 Å². The summed E-state index contributed by atoms with van der Waals surface area (Å²) in [5, 5.41) is 13.3. The van der Waals surface area contributed by atoms with E-state index in [2.05, 4.69) is 5.32 Å². The van der Waals surface area contributed by atoms with Crippen LogP contribution in [0.1, 0.15) is 20.8 Å². The number of carbonyl (C=O) groups is 2. The summed E-state index contributed by atoms with van der Waals surface area (Å²) in [6, 6.07) is 5.12. The third-order valence-corrected chi connectivity index (χ3v) is 3.74. The molecule has 1 amide bonds. The van der Waals surface area contributed by atoms with Crippen LogP contribution in [0.15, 0.2) is 35.7 Å². The van der Waals surface area contributed by atoms with Crippen LogP contribution in [0.2, 0.25) is 0 Å². The molecule has 2 N–H and O–H groups in total. The van der Waals surface area contributed by atoms with Crippen molar-refractivity contribution in [1.29, 1.82) is 0 Å². The van der Waals surface area contributed by atoms with Crippen molar-refractivity contribution >= 4 is 35.0 Å². The van der Waals surface area contributed by atoms with Crippen LogP contribution < -0.4 is 5.32 Å². The summed E-state index contributed by atoms with van der Waals surface area (Å²) < 4.78 is 13.0. The molecule has 0 bridgehead atoms. The van der Waals surface area contributed by atoms with Crippen molar-refractivity contribution in [2.45, 2.75) is 6.92 Å². The molecule has 0 aliphatic carbocycles. The molecule has 0 aliphatic rings. The number of anilines is 1. The minimum Gasteiger partial charge on any atom is -0.478 e. The second kappa shape index (κ2) is 6.32. The zero-order valence-electron chi connectivity index (χ0n) is 11.1. The maximum atomic E-state index is 13.0. The van der Waals surface area contributed by atoms with Gasteiger partial charge in [-0.2, -0.15) is 0 Å². The topological polar surface area (TPSA) is 66.4 Å².